The highest BCUT2D eigenvalue weighted by atomic mass is 14.7. The van der Waals surface area contributed by atoms with E-state index < -0.39 is 0 Å². The van der Waals surface area contributed by atoms with Crippen molar-refractivity contribution in [3.05, 3.63) is 187 Å². The van der Waals surface area contributed by atoms with Gasteiger partial charge in [0.15, 0.2) is 0 Å². The molecule has 10 rings (SSSR count). The fraction of sp³-hybridized carbons (Fsp3) is 0.0600. The van der Waals surface area contributed by atoms with Crippen molar-refractivity contribution in [1.82, 2.24) is 4.98 Å². The minimum absolute atomic E-state index is 0.164. The fourth-order valence-electron chi connectivity index (χ4n) is 8.70. The third-order valence-electron chi connectivity index (χ3n) is 11.0. The van der Waals surface area contributed by atoms with E-state index in [1.54, 1.807) is 0 Å². The zero-order valence-corrected chi connectivity index (χ0v) is 28.7. The Morgan fingerprint density at radius 2 is 0.863 bits per heavy atom. The Kier molecular flexibility index (Phi) is 6.60. The van der Waals surface area contributed by atoms with E-state index >= 15 is 0 Å². The van der Waals surface area contributed by atoms with Crippen molar-refractivity contribution in [3.63, 3.8) is 0 Å². The van der Waals surface area contributed by atoms with E-state index in [0.29, 0.717) is 0 Å². The third kappa shape index (κ3) is 4.51. The van der Waals surface area contributed by atoms with Gasteiger partial charge in [-0.15, -0.1) is 0 Å². The van der Waals surface area contributed by atoms with E-state index in [-0.39, 0.29) is 5.41 Å². The number of aromatic nitrogens is 1. The molecule has 0 bridgehead atoms. The lowest BCUT2D eigenvalue weighted by atomic mass is 9.78. The van der Waals surface area contributed by atoms with Crippen LogP contribution in [-0.2, 0) is 5.41 Å². The van der Waals surface area contributed by atoms with Crippen LogP contribution in [0, 0.1) is 0 Å². The summed E-state index contributed by atoms with van der Waals surface area (Å²) in [6.45, 7) is 4.69. The highest BCUT2D eigenvalue weighted by molar-refractivity contribution is 6.22. The minimum atomic E-state index is -0.164. The number of fused-ring (bicyclic) bond motifs is 6. The van der Waals surface area contributed by atoms with Crippen molar-refractivity contribution in [2.75, 3.05) is 0 Å². The summed E-state index contributed by atoms with van der Waals surface area (Å²) in [6, 6.07) is 64.2. The van der Waals surface area contributed by atoms with Gasteiger partial charge in [-0.1, -0.05) is 178 Å². The largest absolute Gasteiger partial charge is 0.247 e. The predicted octanol–water partition coefficient (Wildman–Crippen LogP) is 13.5. The summed E-state index contributed by atoms with van der Waals surface area (Å²) in [7, 11) is 0. The van der Waals surface area contributed by atoms with Crippen LogP contribution in [0.15, 0.2) is 176 Å². The Bertz CT molecular complexity index is 2790. The normalized spacial score (nSPS) is 13.1. The molecule has 1 aliphatic carbocycles. The van der Waals surface area contributed by atoms with Crippen molar-refractivity contribution < 1.29 is 0 Å². The average molecular weight is 650 g/mol. The maximum absolute atomic E-state index is 5.26. The fourth-order valence-corrected chi connectivity index (χ4v) is 8.70. The standard InChI is InChI=1S/C50H35N/c1-50(2)43-23-13-11-21-40(43)49-48(50)47(41-22-12-14-24-44(41)51-49)35-27-25-32(26-28-35)36-29-30-39-42(31-36)46(34-17-7-4-8-18-34)38-20-10-9-19-37(38)45(39)33-15-5-3-6-16-33/h3-31H,1-2H3. The minimum Gasteiger partial charge on any atom is -0.247 e. The molecular weight excluding hydrogens is 615 g/mol. The van der Waals surface area contributed by atoms with Gasteiger partial charge in [0.05, 0.1) is 11.2 Å². The number of para-hydroxylation sites is 1. The molecule has 51 heavy (non-hydrogen) atoms. The van der Waals surface area contributed by atoms with Gasteiger partial charge < -0.3 is 0 Å². The highest BCUT2D eigenvalue weighted by Gasteiger charge is 2.39. The van der Waals surface area contributed by atoms with Crippen LogP contribution in [0.5, 0.6) is 0 Å². The Morgan fingerprint density at radius 1 is 0.373 bits per heavy atom. The zero-order valence-electron chi connectivity index (χ0n) is 28.7. The van der Waals surface area contributed by atoms with Gasteiger partial charge in [0.1, 0.15) is 0 Å². The molecule has 1 aromatic heterocycles. The number of pyridine rings is 1. The van der Waals surface area contributed by atoms with E-state index in [9.17, 15) is 0 Å². The van der Waals surface area contributed by atoms with Gasteiger partial charge in [-0.25, -0.2) is 4.98 Å². The summed E-state index contributed by atoms with van der Waals surface area (Å²) in [5.74, 6) is 0. The van der Waals surface area contributed by atoms with Crippen molar-refractivity contribution in [1.29, 1.82) is 0 Å². The predicted molar refractivity (Wildman–Crippen MR) is 216 cm³/mol. The van der Waals surface area contributed by atoms with Gasteiger partial charge in [-0.3, -0.25) is 0 Å². The molecule has 0 radical (unpaired) electrons. The Hall–Kier alpha value is -6.31. The Labute approximate surface area is 298 Å². The van der Waals surface area contributed by atoms with Crippen LogP contribution in [0.1, 0.15) is 25.0 Å². The van der Waals surface area contributed by atoms with E-state index in [2.05, 4.69) is 190 Å². The topological polar surface area (TPSA) is 12.9 Å². The van der Waals surface area contributed by atoms with Crippen LogP contribution in [-0.4, -0.2) is 4.98 Å². The summed E-state index contributed by atoms with van der Waals surface area (Å²) in [5, 5.41) is 6.26. The second kappa shape index (κ2) is 11.4. The lowest BCUT2D eigenvalue weighted by molar-refractivity contribution is 0.662. The van der Waals surface area contributed by atoms with Crippen LogP contribution in [0.25, 0.3) is 88.2 Å². The molecule has 0 amide bonds. The first kappa shape index (κ1) is 29.6. The summed E-state index contributed by atoms with van der Waals surface area (Å²) >= 11 is 0. The van der Waals surface area contributed by atoms with Gasteiger partial charge in [0, 0.05) is 16.4 Å². The lowest BCUT2D eigenvalue weighted by Gasteiger charge is -2.25. The van der Waals surface area contributed by atoms with Crippen molar-refractivity contribution in [2.24, 2.45) is 0 Å². The van der Waals surface area contributed by atoms with E-state index in [1.165, 1.54) is 88.1 Å². The molecule has 0 aliphatic heterocycles. The second-order valence-electron chi connectivity index (χ2n) is 14.3. The number of benzene rings is 8. The van der Waals surface area contributed by atoms with Gasteiger partial charge in [0.2, 0.25) is 0 Å². The molecule has 0 atom stereocenters. The van der Waals surface area contributed by atoms with E-state index in [1.807, 2.05) is 0 Å². The van der Waals surface area contributed by atoms with Crippen LogP contribution >= 0.6 is 0 Å². The van der Waals surface area contributed by atoms with E-state index in [4.69, 9.17) is 4.98 Å². The monoisotopic (exact) mass is 649 g/mol. The summed E-state index contributed by atoms with van der Waals surface area (Å²) < 4.78 is 0. The number of nitrogens with zero attached hydrogens (tertiary/aromatic N) is 1. The summed E-state index contributed by atoms with van der Waals surface area (Å²) in [6.07, 6.45) is 0. The first-order chi connectivity index (χ1) is 25.1. The lowest BCUT2D eigenvalue weighted by Crippen LogP contribution is -2.16. The van der Waals surface area contributed by atoms with Crippen LogP contribution in [0.3, 0.4) is 0 Å². The van der Waals surface area contributed by atoms with Crippen LogP contribution in [0.4, 0.5) is 0 Å². The molecule has 9 aromatic rings. The summed E-state index contributed by atoms with van der Waals surface area (Å²) in [4.78, 5) is 5.26. The summed E-state index contributed by atoms with van der Waals surface area (Å²) in [5.41, 5.74) is 15.8. The number of rotatable bonds is 4. The molecule has 0 spiro atoms. The van der Waals surface area contributed by atoms with Crippen molar-refractivity contribution in [3.8, 4) is 55.8 Å². The van der Waals surface area contributed by atoms with Gasteiger partial charge in [-0.05, 0) is 89.3 Å². The van der Waals surface area contributed by atoms with Crippen LogP contribution < -0.4 is 0 Å². The van der Waals surface area contributed by atoms with E-state index in [0.717, 1.165) is 11.2 Å². The molecule has 0 unspecified atom stereocenters. The third-order valence-corrected chi connectivity index (χ3v) is 11.0. The van der Waals surface area contributed by atoms with Crippen LogP contribution in [0.2, 0.25) is 0 Å². The quantitative estimate of drug-likeness (QED) is 0.173. The van der Waals surface area contributed by atoms with Gasteiger partial charge in [0.25, 0.3) is 0 Å². The molecule has 1 heteroatoms. The SMILES string of the molecule is CC1(C)c2ccccc2-c2nc3ccccc3c(-c3ccc(-c4ccc5c(-c6ccccc6)c6ccccc6c(-c6ccccc6)c5c4)cc3)c21. The Morgan fingerprint density at radius 3 is 1.55 bits per heavy atom. The maximum atomic E-state index is 5.26. The molecule has 0 fully saturated rings. The zero-order chi connectivity index (χ0) is 34.1. The molecule has 0 saturated heterocycles. The number of hydrogen-bond donors (Lipinski definition) is 0. The number of hydrogen-bond acceptors (Lipinski definition) is 1. The smallest absolute Gasteiger partial charge is 0.0759 e. The van der Waals surface area contributed by atoms with Crippen molar-refractivity contribution in [2.45, 2.75) is 19.3 Å². The molecule has 1 heterocycles. The van der Waals surface area contributed by atoms with Gasteiger partial charge >= 0.3 is 0 Å². The molecule has 1 nitrogen and oxygen atoms in total. The van der Waals surface area contributed by atoms with Crippen molar-refractivity contribution >= 4 is 32.4 Å². The molecule has 0 saturated carbocycles. The Balaban J connectivity index is 1.18. The first-order valence-corrected chi connectivity index (χ1v) is 17.8. The van der Waals surface area contributed by atoms with Gasteiger partial charge in [-0.2, -0.15) is 0 Å². The molecule has 1 aliphatic rings. The molecule has 8 aromatic carbocycles. The molecule has 0 N–H and O–H groups in total. The highest BCUT2D eigenvalue weighted by Crippen LogP contribution is 2.53. The first-order valence-electron chi connectivity index (χ1n) is 17.8. The maximum Gasteiger partial charge on any atom is 0.0759 e. The average Bonchev–Trinajstić information content (AvgIpc) is 3.42. The second-order valence-corrected chi connectivity index (χ2v) is 14.3. The molecule has 240 valence electrons. The molecular formula is C50H35N.